The van der Waals surface area contributed by atoms with Crippen molar-refractivity contribution in [2.45, 2.75) is 11.8 Å². The number of sulfonamides is 1. The summed E-state index contributed by atoms with van der Waals surface area (Å²) in [7, 11) is -2.19. The number of hydrogen-bond acceptors (Lipinski definition) is 5. The van der Waals surface area contributed by atoms with Crippen molar-refractivity contribution in [1.82, 2.24) is 19.7 Å². The van der Waals surface area contributed by atoms with Crippen LogP contribution < -0.4 is 4.72 Å². The summed E-state index contributed by atoms with van der Waals surface area (Å²) in [6.45, 7) is 1.78. The lowest BCUT2D eigenvalue weighted by molar-refractivity contribution is 0.0981. The van der Waals surface area contributed by atoms with Gasteiger partial charge in [0.25, 0.3) is 15.9 Å². The average Bonchev–Trinajstić information content (AvgIpc) is 2.88. The van der Waals surface area contributed by atoms with Gasteiger partial charge in [-0.3, -0.25) is 4.79 Å². The second kappa shape index (κ2) is 5.47. The lowest BCUT2D eigenvalue weighted by Gasteiger charge is -2.07. The van der Waals surface area contributed by atoms with Crippen molar-refractivity contribution in [3.8, 4) is 0 Å². The molecule has 0 atom stereocenters. The summed E-state index contributed by atoms with van der Waals surface area (Å²) in [5.41, 5.74) is 2.27. The number of aromatic nitrogens is 3. The molecule has 0 bridgehead atoms. The molecule has 3 rings (SSSR count). The Balaban J connectivity index is 1.90. The number of rotatable bonds is 3. The summed E-state index contributed by atoms with van der Waals surface area (Å²) in [4.78, 5) is 12.3. The van der Waals surface area contributed by atoms with E-state index in [1.165, 1.54) is 24.3 Å². The zero-order chi connectivity index (χ0) is 16.6. The van der Waals surface area contributed by atoms with Gasteiger partial charge in [-0.15, -0.1) is 5.10 Å². The third kappa shape index (κ3) is 2.93. The summed E-state index contributed by atoms with van der Waals surface area (Å²) in [5, 5.41) is 7.76. The number of aryl methyl sites for hydroxylation is 2. The normalized spacial score (nSPS) is 11.6. The van der Waals surface area contributed by atoms with E-state index in [4.69, 9.17) is 0 Å². The van der Waals surface area contributed by atoms with Crippen LogP contribution in [-0.4, -0.2) is 29.3 Å². The molecule has 1 N–H and O–H groups in total. The smallest absolute Gasteiger partial charge is 0.265 e. The van der Waals surface area contributed by atoms with E-state index in [1.54, 1.807) is 36.9 Å². The van der Waals surface area contributed by atoms with Crippen LogP contribution in [0, 0.1) is 6.92 Å². The van der Waals surface area contributed by atoms with E-state index >= 15 is 0 Å². The highest BCUT2D eigenvalue weighted by molar-refractivity contribution is 7.90. The first kappa shape index (κ1) is 15.2. The van der Waals surface area contributed by atoms with Crippen LogP contribution in [0.25, 0.3) is 11.0 Å². The van der Waals surface area contributed by atoms with Crippen molar-refractivity contribution in [3.05, 3.63) is 53.6 Å². The van der Waals surface area contributed by atoms with Crippen LogP contribution in [0.4, 0.5) is 0 Å². The summed E-state index contributed by atoms with van der Waals surface area (Å²) < 4.78 is 28.2. The molecule has 8 heteroatoms. The highest BCUT2D eigenvalue weighted by Gasteiger charge is 2.19. The van der Waals surface area contributed by atoms with Gasteiger partial charge in [-0.25, -0.2) is 17.8 Å². The maximum atomic E-state index is 12.3. The minimum atomic E-state index is -3.92. The Kier molecular flexibility index (Phi) is 3.61. The Morgan fingerprint density at radius 2 is 1.96 bits per heavy atom. The molecule has 1 aromatic heterocycles. The summed E-state index contributed by atoms with van der Waals surface area (Å²) in [6, 6.07) is 11.1. The fraction of sp³-hybridized carbons (Fsp3) is 0.133. The molecule has 0 fully saturated rings. The van der Waals surface area contributed by atoms with E-state index in [9.17, 15) is 13.2 Å². The van der Waals surface area contributed by atoms with Crippen molar-refractivity contribution in [3.63, 3.8) is 0 Å². The third-order valence-electron chi connectivity index (χ3n) is 3.40. The SMILES string of the molecule is Cc1cccc(S(=O)(=O)NC(=O)c2ccc3c(c2)nnn3C)c1. The molecule has 0 aliphatic rings. The molecular formula is C15H14N4O3S. The quantitative estimate of drug-likeness (QED) is 0.783. The van der Waals surface area contributed by atoms with Gasteiger partial charge in [0.2, 0.25) is 0 Å². The Morgan fingerprint density at radius 1 is 1.17 bits per heavy atom. The first-order valence-corrected chi connectivity index (χ1v) is 8.28. The van der Waals surface area contributed by atoms with E-state index in [0.717, 1.165) is 11.1 Å². The average molecular weight is 330 g/mol. The molecule has 0 radical (unpaired) electrons. The summed E-state index contributed by atoms with van der Waals surface area (Å²) in [5.74, 6) is -0.709. The molecule has 0 aliphatic heterocycles. The molecule has 118 valence electrons. The summed E-state index contributed by atoms with van der Waals surface area (Å²) >= 11 is 0. The standard InChI is InChI=1S/C15H14N4O3S/c1-10-4-3-5-12(8-10)23(21,22)17-15(20)11-6-7-14-13(9-11)16-18-19(14)2/h3-9H,1-2H3,(H,17,20). The van der Waals surface area contributed by atoms with Crippen LogP contribution in [0.1, 0.15) is 15.9 Å². The first-order chi connectivity index (χ1) is 10.9. The van der Waals surface area contributed by atoms with Crippen molar-refractivity contribution in [2.75, 3.05) is 0 Å². The summed E-state index contributed by atoms with van der Waals surface area (Å²) in [6.07, 6.45) is 0. The first-order valence-electron chi connectivity index (χ1n) is 6.80. The molecular weight excluding hydrogens is 316 g/mol. The molecule has 2 aromatic carbocycles. The maximum absolute atomic E-state index is 12.3. The van der Waals surface area contributed by atoms with Gasteiger partial charge in [-0.05, 0) is 42.8 Å². The molecule has 0 saturated carbocycles. The number of fused-ring (bicyclic) bond motifs is 1. The Bertz CT molecular complexity index is 1010. The van der Waals surface area contributed by atoms with Crippen LogP contribution in [0.3, 0.4) is 0 Å². The molecule has 0 spiro atoms. The minimum absolute atomic E-state index is 0.0476. The van der Waals surface area contributed by atoms with Crippen molar-refractivity contribution >= 4 is 27.0 Å². The Morgan fingerprint density at radius 3 is 2.70 bits per heavy atom. The Hall–Kier alpha value is -2.74. The van der Waals surface area contributed by atoms with E-state index in [0.29, 0.717) is 5.52 Å². The van der Waals surface area contributed by atoms with E-state index in [-0.39, 0.29) is 10.5 Å². The molecule has 0 unspecified atom stereocenters. The van der Waals surface area contributed by atoms with Gasteiger partial charge in [0.15, 0.2) is 0 Å². The number of benzene rings is 2. The second-order valence-corrected chi connectivity index (χ2v) is 6.85. The van der Waals surface area contributed by atoms with Gasteiger partial charge in [0, 0.05) is 12.6 Å². The van der Waals surface area contributed by atoms with Gasteiger partial charge in [0.05, 0.1) is 10.4 Å². The lowest BCUT2D eigenvalue weighted by atomic mass is 10.2. The number of carbonyl (C=O) groups is 1. The van der Waals surface area contributed by atoms with E-state index in [1.807, 2.05) is 0 Å². The van der Waals surface area contributed by atoms with Crippen molar-refractivity contribution in [2.24, 2.45) is 7.05 Å². The van der Waals surface area contributed by atoms with Crippen LogP contribution >= 0.6 is 0 Å². The van der Waals surface area contributed by atoms with Crippen LogP contribution in [0.15, 0.2) is 47.4 Å². The number of nitrogens with zero attached hydrogens (tertiary/aromatic N) is 3. The number of hydrogen-bond donors (Lipinski definition) is 1. The monoisotopic (exact) mass is 330 g/mol. The molecule has 23 heavy (non-hydrogen) atoms. The van der Waals surface area contributed by atoms with Gasteiger partial charge in [0.1, 0.15) is 5.52 Å². The largest absolute Gasteiger partial charge is 0.268 e. The molecule has 1 amide bonds. The van der Waals surface area contributed by atoms with Gasteiger partial charge in [-0.1, -0.05) is 17.3 Å². The van der Waals surface area contributed by atoms with Gasteiger partial charge >= 0.3 is 0 Å². The topological polar surface area (TPSA) is 93.9 Å². The van der Waals surface area contributed by atoms with Gasteiger partial charge in [-0.2, -0.15) is 0 Å². The third-order valence-corrected chi connectivity index (χ3v) is 4.73. The van der Waals surface area contributed by atoms with Crippen LogP contribution in [0.2, 0.25) is 0 Å². The number of carbonyl (C=O) groups excluding carboxylic acids is 1. The van der Waals surface area contributed by atoms with E-state index in [2.05, 4.69) is 15.0 Å². The van der Waals surface area contributed by atoms with Crippen LogP contribution in [0.5, 0.6) is 0 Å². The number of nitrogens with one attached hydrogen (secondary N) is 1. The molecule has 0 aliphatic carbocycles. The van der Waals surface area contributed by atoms with Crippen molar-refractivity contribution in [1.29, 1.82) is 0 Å². The maximum Gasteiger partial charge on any atom is 0.265 e. The molecule has 0 saturated heterocycles. The van der Waals surface area contributed by atoms with E-state index < -0.39 is 15.9 Å². The predicted molar refractivity (Wildman–Crippen MR) is 84.3 cm³/mol. The highest BCUT2D eigenvalue weighted by atomic mass is 32.2. The predicted octanol–water partition coefficient (Wildman–Crippen LogP) is 1.40. The van der Waals surface area contributed by atoms with Crippen molar-refractivity contribution < 1.29 is 13.2 Å². The molecule has 7 nitrogen and oxygen atoms in total. The lowest BCUT2D eigenvalue weighted by Crippen LogP contribution is -2.30. The molecule has 1 heterocycles. The zero-order valence-corrected chi connectivity index (χ0v) is 13.3. The number of amides is 1. The zero-order valence-electron chi connectivity index (χ0n) is 12.5. The highest BCUT2D eigenvalue weighted by Crippen LogP contribution is 2.14. The molecule has 3 aromatic rings. The van der Waals surface area contributed by atoms with Gasteiger partial charge < -0.3 is 0 Å². The van der Waals surface area contributed by atoms with Crippen LogP contribution in [-0.2, 0) is 17.1 Å². The Labute approximate surface area is 133 Å². The minimum Gasteiger partial charge on any atom is -0.268 e. The fourth-order valence-corrected chi connectivity index (χ4v) is 3.28. The second-order valence-electron chi connectivity index (χ2n) is 5.17. The fourth-order valence-electron chi connectivity index (χ4n) is 2.20.